The summed E-state index contributed by atoms with van der Waals surface area (Å²) in [5.41, 5.74) is 0.691. The van der Waals surface area contributed by atoms with Gasteiger partial charge in [-0.2, -0.15) is 0 Å². The summed E-state index contributed by atoms with van der Waals surface area (Å²) in [6.45, 7) is 1.71. The van der Waals surface area contributed by atoms with E-state index in [0.717, 1.165) is 11.8 Å². The van der Waals surface area contributed by atoms with E-state index in [-0.39, 0.29) is 5.56 Å². The van der Waals surface area contributed by atoms with E-state index in [1.54, 1.807) is 6.92 Å². The second-order valence-corrected chi connectivity index (χ2v) is 5.42. The number of nitrogens with one attached hydrogen (secondary N) is 1. The van der Waals surface area contributed by atoms with E-state index < -0.39 is 5.97 Å². The Morgan fingerprint density at radius 2 is 2.28 bits per heavy atom. The van der Waals surface area contributed by atoms with Crippen LogP contribution < -0.4 is 5.32 Å². The lowest BCUT2D eigenvalue weighted by molar-refractivity contribution is 0.0695. The van der Waals surface area contributed by atoms with Gasteiger partial charge in [-0.05, 0) is 38.0 Å². The van der Waals surface area contributed by atoms with E-state index in [9.17, 15) is 4.79 Å². The third kappa shape index (κ3) is 1.94. The Balaban J connectivity index is 1.74. The third-order valence-electron chi connectivity index (χ3n) is 4.26. The standard InChI is InChI=1S/C13H17N3O2/c1-7-10(12(17)18)6-14-13(15-7)16-11-5-8-2-3-9(11)4-8/h6,8-9,11H,2-5H2,1H3,(H,17,18)(H,14,15,16). The molecule has 0 saturated heterocycles. The van der Waals surface area contributed by atoms with Gasteiger partial charge in [-0.3, -0.25) is 0 Å². The van der Waals surface area contributed by atoms with Gasteiger partial charge in [-0.25, -0.2) is 14.8 Å². The van der Waals surface area contributed by atoms with Gasteiger partial charge in [0.1, 0.15) is 0 Å². The minimum absolute atomic E-state index is 0.175. The van der Waals surface area contributed by atoms with Crippen molar-refractivity contribution in [1.82, 2.24) is 9.97 Å². The van der Waals surface area contributed by atoms with E-state index >= 15 is 0 Å². The van der Waals surface area contributed by atoms with Gasteiger partial charge in [-0.1, -0.05) is 6.42 Å². The first kappa shape index (κ1) is 11.4. The topological polar surface area (TPSA) is 75.1 Å². The van der Waals surface area contributed by atoms with Crippen molar-refractivity contribution in [3.05, 3.63) is 17.5 Å². The Bertz CT molecular complexity index is 489. The summed E-state index contributed by atoms with van der Waals surface area (Å²) in [4.78, 5) is 19.2. The number of fused-ring (bicyclic) bond motifs is 2. The smallest absolute Gasteiger partial charge is 0.339 e. The summed E-state index contributed by atoms with van der Waals surface area (Å²) >= 11 is 0. The van der Waals surface area contributed by atoms with Gasteiger partial charge < -0.3 is 10.4 Å². The van der Waals surface area contributed by atoms with E-state index in [4.69, 9.17) is 5.11 Å². The van der Waals surface area contributed by atoms with Crippen molar-refractivity contribution in [2.75, 3.05) is 5.32 Å². The van der Waals surface area contributed by atoms with Crippen molar-refractivity contribution in [2.24, 2.45) is 11.8 Å². The molecular weight excluding hydrogens is 230 g/mol. The molecule has 2 bridgehead atoms. The molecule has 0 spiro atoms. The fourth-order valence-electron chi connectivity index (χ4n) is 3.33. The van der Waals surface area contributed by atoms with Gasteiger partial charge in [0.2, 0.25) is 5.95 Å². The molecule has 2 N–H and O–H groups in total. The van der Waals surface area contributed by atoms with Crippen LogP contribution >= 0.6 is 0 Å². The molecule has 2 fully saturated rings. The van der Waals surface area contributed by atoms with Crippen molar-refractivity contribution in [2.45, 2.75) is 38.6 Å². The first-order valence-electron chi connectivity index (χ1n) is 6.47. The number of nitrogens with zero attached hydrogens (tertiary/aromatic N) is 2. The van der Waals surface area contributed by atoms with E-state index in [1.807, 2.05) is 0 Å². The number of aromatic nitrogens is 2. The Labute approximate surface area is 106 Å². The lowest BCUT2D eigenvalue weighted by atomic mass is 9.95. The Kier molecular flexibility index (Phi) is 2.69. The summed E-state index contributed by atoms with van der Waals surface area (Å²) in [6.07, 6.45) is 6.58. The maximum absolute atomic E-state index is 10.9. The quantitative estimate of drug-likeness (QED) is 0.855. The van der Waals surface area contributed by atoms with Crippen LogP contribution in [-0.4, -0.2) is 27.1 Å². The average molecular weight is 247 g/mol. The normalized spacial score (nSPS) is 29.5. The largest absolute Gasteiger partial charge is 0.478 e. The molecule has 5 heteroatoms. The molecule has 1 aromatic heterocycles. The molecule has 0 aromatic carbocycles. The van der Waals surface area contributed by atoms with Crippen molar-refractivity contribution < 1.29 is 9.90 Å². The predicted octanol–water partition coefficient (Wildman–Crippen LogP) is 2.08. The zero-order chi connectivity index (χ0) is 12.7. The molecule has 0 aliphatic heterocycles. The van der Waals surface area contributed by atoms with Crippen molar-refractivity contribution in [1.29, 1.82) is 0 Å². The van der Waals surface area contributed by atoms with Crippen LogP contribution in [0.5, 0.6) is 0 Å². The van der Waals surface area contributed by atoms with Crippen molar-refractivity contribution in [3.63, 3.8) is 0 Å². The molecule has 3 rings (SSSR count). The molecular formula is C13H17N3O2. The molecule has 18 heavy (non-hydrogen) atoms. The highest BCUT2D eigenvalue weighted by Crippen LogP contribution is 2.45. The minimum atomic E-state index is -0.973. The van der Waals surface area contributed by atoms with Crippen LogP contribution in [0.2, 0.25) is 0 Å². The molecule has 3 unspecified atom stereocenters. The lowest BCUT2D eigenvalue weighted by Crippen LogP contribution is -2.27. The predicted molar refractivity (Wildman–Crippen MR) is 66.6 cm³/mol. The number of aryl methyl sites for hydroxylation is 1. The number of carbonyl (C=O) groups is 1. The van der Waals surface area contributed by atoms with Gasteiger partial charge in [0.25, 0.3) is 0 Å². The molecule has 3 atom stereocenters. The highest BCUT2D eigenvalue weighted by atomic mass is 16.4. The SMILES string of the molecule is Cc1nc(NC2CC3CCC2C3)ncc1C(=O)O. The number of hydrogen-bond donors (Lipinski definition) is 2. The summed E-state index contributed by atoms with van der Waals surface area (Å²) in [5, 5.41) is 12.3. The van der Waals surface area contributed by atoms with E-state index in [0.29, 0.717) is 17.7 Å². The summed E-state index contributed by atoms with van der Waals surface area (Å²) < 4.78 is 0. The monoisotopic (exact) mass is 247 g/mol. The second-order valence-electron chi connectivity index (χ2n) is 5.42. The Hall–Kier alpha value is -1.65. The Morgan fingerprint density at radius 1 is 1.44 bits per heavy atom. The molecule has 1 aromatic rings. The van der Waals surface area contributed by atoms with Gasteiger partial charge in [0, 0.05) is 12.2 Å². The van der Waals surface area contributed by atoms with Gasteiger partial charge >= 0.3 is 5.97 Å². The van der Waals surface area contributed by atoms with Gasteiger partial charge in [-0.15, -0.1) is 0 Å². The van der Waals surface area contributed by atoms with Crippen LogP contribution in [0.3, 0.4) is 0 Å². The third-order valence-corrected chi connectivity index (χ3v) is 4.26. The van der Waals surface area contributed by atoms with Gasteiger partial charge in [0.05, 0.1) is 11.3 Å². The molecule has 2 saturated carbocycles. The summed E-state index contributed by atoms with van der Waals surface area (Å²) in [7, 11) is 0. The molecule has 0 amide bonds. The van der Waals surface area contributed by atoms with E-state index in [1.165, 1.54) is 31.9 Å². The summed E-state index contributed by atoms with van der Waals surface area (Å²) in [5.74, 6) is 1.21. The van der Waals surface area contributed by atoms with Crippen LogP contribution in [0.15, 0.2) is 6.20 Å². The molecule has 0 radical (unpaired) electrons. The highest BCUT2D eigenvalue weighted by Gasteiger charge is 2.39. The van der Waals surface area contributed by atoms with E-state index in [2.05, 4.69) is 15.3 Å². The number of anilines is 1. The fraction of sp³-hybridized carbons (Fsp3) is 0.615. The van der Waals surface area contributed by atoms with Crippen LogP contribution in [0.4, 0.5) is 5.95 Å². The number of carboxylic acid groups (broad SMARTS) is 1. The van der Waals surface area contributed by atoms with Crippen molar-refractivity contribution >= 4 is 11.9 Å². The van der Waals surface area contributed by atoms with Gasteiger partial charge in [0.15, 0.2) is 0 Å². The number of hydrogen-bond acceptors (Lipinski definition) is 4. The van der Waals surface area contributed by atoms with Crippen molar-refractivity contribution in [3.8, 4) is 0 Å². The number of aromatic carboxylic acids is 1. The van der Waals surface area contributed by atoms with Crippen LogP contribution in [0, 0.1) is 18.8 Å². The first-order valence-corrected chi connectivity index (χ1v) is 6.47. The number of rotatable bonds is 3. The molecule has 1 heterocycles. The summed E-state index contributed by atoms with van der Waals surface area (Å²) in [6, 6.07) is 0.471. The van der Waals surface area contributed by atoms with Crippen LogP contribution in [-0.2, 0) is 0 Å². The van der Waals surface area contributed by atoms with Crippen LogP contribution in [0.1, 0.15) is 41.7 Å². The first-order chi connectivity index (χ1) is 8.63. The van der Waals surface area contributed by atoms with Crippen LogP contribution in [0.25, 0.3) is 0 Å². The fourth-order valence-corrected chi connectivity index (χ4v) is 3.33. The maximum Gasteiger partial charge on any atom is 0.339 e. The second kappa shape index (κ2) is 4.23. The molecule has 5 nitrogen and oxygen atoms in total. The maximum atomic E-state index is 10.9. The molecule has 96 valence electrons. The highest BCUT2D eigenvalue weighted by molar-refractivity contribution is 5.88. The number of carboxylic acids is 1. The molecule has 2 aliphatic rings. The lowest BCUT2D eigenvalue weighted by Gasteiger charge is -2.22. The zero-order valence-corrected chi connectivity index (χ0v) is 10.4. The average Bonchev–Trinajstić information content (AvgIpc) is 2.90. The minimum Gasteiger partial charge on any atom is -0.478 e. The molecule has 2 aliphatic carbocycles. The zero-order valence-electron chi connectivity index (χ0n) is 10.4. The Morgan fingerprint density at radius 3 is 2.83 bits per heavy atom.